The van der Waals surface area contributed by atoms with Crippen molar-refractivity contribution in [1.29, 1.82) is 0 Å². The number of nitrogens with zero attached hydrogens (tertiary/aromatic N) is 1. The van der Waals surface area contributed by atoms with Gasteiger partial charge in [0, 0.05) is 17.9 Å². The summed E-state index contributed by atoms with van der Waals surface area (Å²) in [6.07, 6.45) is 4.17. The second kappa shape index (κ2) is 8.68. The Balaban J connectivity index is 2.57. The Morgan fingerprint density at radius 2 is 2.00 bits per heavy atom. The lowest BCUT2D eigenvalue weighted by atomic mass is 10.1. The Morgan fingerprint density at radius 1 is 1.30 bits per heavy atom. The number of unbranched alkanes of at least 4 members (excludes halogenated alkanes) is 3. The van der Waals surface area contributed by atoms with Crippen LogP contribution in [0.25, 0.3) is 0 Å². The molecule has 1 N–H and O–H groups in total. The Morgan fingerprint density at radius 3 is 2.65 bits per heavy atom. The van der Waals surface area contributed by atoms with Crippen LogP contribution in [0.15, 0.2) is 18.2 Å². The lowest BCUT2D eigenvalue weighted by molar-refractivity contribution is -0.385. The number of carbonyl (C=O) groups is 1. The zero-order valence-corrected chi connectivity index (χ0v) is 13.1. The van der Waals surface area contributed by atoms with E-state index < -0.39 is 4.92 Å². The molecule has 110 valence electrons. The van der Waals surface area contributed by atoms with Crippen LogP contribution in [0.5, 0.6) is 0 Å². The van der Waals surface area contributed by atoms with Gasteiger partial charge in [-0.2, -0.15) is 0 Å². The summed E-state index contributed by atoms with van der Waals surface area (Å²) in [5, 5.41) is 14.7. The molecule has 0 radical (unpaired) electrons. The van der Waals surface area contributed by atoms with E-state index in [1.807, 2.05) is 0 Å². The summed E-state index contributed by atoms with van der Waals surface area (Å²) in [6, 6.07) is 4.65. The molecule has 0 unspecified atom stereocenters. The van der Waals surface area contributed by atoms with E-state index in [2.05, 4.69) is 21.2 Å². The monoisotopic (exact) mass is 342 g/mol. The minimum absolute atomic E-state index is 0.137. The zero-order valence-electron chi connectivity index (χ0n) is 11.5. The van der Waals surface area contributed by atoms with Crippen molar-refractivity contribution in [1.82, 2.24) is 5.32 Å². The number of hydrogen-bond acceptors (Lipinski definition) is 3. The van der Waals surface area contributed by atoms with Crippen LogP contribution in [0.1, 0.15) is 41.6 Å². The largest absolute Gasteiger partial charge is 0.352 e. The van der Waals surface area contributed by atoms with Gasteiger partial charge in [0.1, 0.15) is 5.56 Å². The Kier molecular flexibility index (Phi) is 7.22. The normalized spacial score (nSPS) is 10.3. The molecular formula is C14H19BrN2O3. The maximum atomic E-state index is 12.1. The highest BCUT2D eigenvalue weighted by Crippen LogP contribution is 2.21. The molecule has 5 nitrogen and oxygen atoms in total. The van der Waals surface area contributed by atoms with Gasteiger partial charge in [0.2, 0.25) is 0 Å². The maximum Gasteiger partial charge on any atom is 0.282 e. The highest BCUT2D eigenvalue weighted by atomic mass is 79.9. The smallest absolute Gasteiger partial charge is 0.282 e. The lowest BCUT2D eigenvalue weighted by Crippen LogP contribution is -2.26. The number of nitro groups is 1. The van der Waals surface area contributed by atoms with Crippen LogP contribution in [0, 0.1) is 17.0 Å². The van der Waals surface area contributed by atoms with Crippen LogP contribution in [0.4, 0.5) is 5.69 Å². The van der Waals surface area contributed by atoms with Gasteiger partial charge >= 0.3 is 0 Å². The summed E-state index contributed by atoms with van der Waals surface area (Å²) in [6.45, 7) is 2.25. The molecule has 20 heavy (non-hydrogen) atoms. The first-order valence-electron chi connectivity index (χ1n) is 6.66. The molecule has 1 amide bonds. The van der Waals surface area contributed by atoms with E-state index in [1.165, 1.54) is 6.07 Å². The van der Waals surface area contributed by atoms with E-state index in [1.54, 1.807) is 19.1 Å². The number of carbonyl (C=O) groups excluding carboxylic acids is 1. The van der Waals surface area contributed by atoms with Crippen LogP contribution in [0.2, 0.25) is 0 Å². The van der Waals surface area contributed by atoms with Crippen molar-refractivity contribution in [3.8, 4) is 0 Å². The fraction of sp³-hybridized carbons (Fsp3) is 0.500. The maximum absolute atomic E-state index is 12.1. The number of halogens is 1. The number of benzene rings is 1. The zero-order chi connectivity index (χ0) is 15.0. The molecule has 0 saturated carbocycles. The molecule has 0 aliphatic rings. The number of aryl methyl sites for hydroxylation is 1. The molecular weight excluding hydrogens is 324 g/mol. The number of alkyl halides is 1. The van der Waals surface area contributed by atoms with E-state index in [-0.39, 0.29) is 17.2 Å². The van der Waals surface area contributed by atoms with E-state index >= 15 is 0 Å². The van der Waals surface area contributed by atoms with Crippen molar-refractivity contribution in [2.75, 3.05) is 11.9 Å². The highest BCUT2D eigenvalue weighted by Gasteiger charge is 2.21. The summed E-state index contributed by atoms with van der Waals surface area (Å²) in [5.74, 6) is -0.365. The summed E-state index contributed by atoms with van der Waals surface area (Å²) in [4.78, 5) is 22.5. The SMILES string of the molecule is Cc1cccc([N+](=O)[O-])c1C(=O)NCCCCCCBr. The summed E-state index contributed by atoms with van der Waals surface area (Å²) >= 11 is 3.37. The molecule has 1 rings (SSSR count). The van der Waals surface area contributed by atoms with Gasteiger partial charge in [0.15, 0.2) is 0 Å². The highest BCUT2D eigenvalue weighted by molar-refractivity contribution is 9.09. The topological polar surface area (TPSA) is 72.2 Å². The van der Waals surface area contributed by atoms with Crippen molar-refractivity contribution >= 4 is 27.5 Å². The molecule has 0 aliphatic carbocycles. The quantitative estimate of drug-likeness (QED) is 0.339. The number of rotatable bonds is 8. The lowest BCUT2D eigenvalue weighted by Gasteiger charge is -2.08. The van der Waals surface area contributed by atoms with Crippen LogP contribution in [-0.2, 0) is 0 Å². The molecule has 0 fully saturated rings. The molecule has 6 heteroatoms. The van der Waals surface area contributed by atoms with Crippen LogP contribution < -0.4 is 5.32 Å². The van der Waals surface area contributed by atoms with Gasteiger partial charge in [-0.15, -0.1) is 0 Å². The second-order valence-electron chi connectivity index (χ2n) is 4.59. The van der Waals surface area contributed by atoms with Gasteiger partial charge < -0.3 is 5.32 Å². The van der Waals surface area contributed by atoms with Crippen LogP contribution in [0.3, 0.4) is 0 Å². The third kappa shape index (κ3) is 4.92. The molecule has 0 bridgehead atoms. The van der Waals surface area contributed by atoms with Gasteiger partial charge in [-0.25, -0.2) is 0 Å². The molecule has 0 aromatic heterocycles. The van der Waals surface area contributed by atoms with Crippen molar-refractivity contribution < 1.29 is 9.72 Å². The summed E-state index contributed by atoms with van der Waals surface area (Å²) in [5.41, 5.74) is 0.649. The summed E-state index contributed by atoms with van der Waals surface area (Å²) < 4.78 is 0. The standard InChI is InChI=1S/C14H19BrN2O3/c1-11-7-6-8-12(17(19)20)13(11)14(18)16-10-5-3-2-4-9-15/h6-8H,2-5,9-10H2,1H3,(H,16,18). The van der Waals surface area contributed by atoms with Gasteiger partial charge in [-0.05, 0) is 25.3 Å². The van der Waals surface area contributed by atoms with Gasteiger partial charge in [0.05, 0.1) is 4.92 Å². The molecule has 0 heterocycles. The third-order valence-electron chi connectivity index (χ3n) is 3.02. The Labute approximate surface area is 127 Å². The van der Waals surface area contributed by atoms with Crippen molar-refractivity contribution in [2.24, 2.45) is 0 Å². The summed E-state index contributed by atoms with van der Waals surface area (Å²) in [7, 11) is 0. The average molecular weight is 343 g/mol. The number of amides is 1. The minimum atomic E-state index is -0.516. The van der Waals surface area contributed by atoms with E-state index in [0.29, 0.717) is 12.1 Å². The van der Waals surface area contributed by atoms with E-state index in [9.17, 15) is 14.9 Å². The first-order chi connectivity index (χ1) is 9.57. The number of nitrogens with one attached hydrogen (secondary N) is 1. The fourth-order valence-electron chi connectivity index (χ4n) is 1.96. The van der Waals surface area contributed by atoms with E-state index in [0.717, 1.165) is 31.0 Å². The number of nitro benzene ring substituents is 1. The third-order valence-corrected chi connectivity index (χ3v) is 3.58. The van der Waals surface area contributed by atoms with Crippen molar-refractivity contribution in [3.05, 3.63) is 39.4 Å². The van der Waals surface area contributed by atoms with Crippen LogP contribution >= 0.6 is 15.9 Å². The predicted molar refractivity (Wildman–Crippen MR) is 82.4 cm³/mol. The minimum Gasteiger partial charge on any atom is -0.352 e. The molecule has 1 aromatic rings. The second-order valence-corrected chi connectivity index (χ2v) is 5.38. The van der Waals surface area contributed by atoms with Gasteiger partial charge in [-0.1, -0.05) is 40.9 Å². The molecule has 0 aliphatic heterocycles. The number of hydrogen-bond donors (Lipinski definition) is 1. The predicted octanol–water partition coefficient (Wildman–Crippen LogP) is 3.59. The average Bonchev–Trinajstić information content (AvgIpc) is 2.42. The van der Waals surface area contributed by atoms with Gasteiger partial charge in [0.25, 0.3) is 11.6 Å². The van der Waals surface area contributed by atoms with Gasteiger partial charge in [-0.3, -0.25) is 14.9 Å². The Hall–Kier alpha value is -1.43. The molecule has 1 aromatic carbocycles. The molecule has 0 atom stereocenters. The van der Waals surface area contributed by atoms with Crippen molar-refractivity contribution in [3.63, 3.8) is 0 Å². The molecule has 0 spiro atoms. The fourth-order valence-corrected chi connectivity index (χ4v) is 2.36. The Bertz CT molecular complexity index is 477. The first kappa shape index (κ1) is 16.6. The first-order valence-corrected chi connectivity index (χ1v) is 7.78. The van der Waals surface area contributed by atoms with Crippen molar-refractivity contribution in [2.45, 2.75) is 32.6 Å². The molecule has 0 saturated heterocycles. The van der Waals surface area contributed by atoms with E-state index in [4.69, 9.17) is 0 Å². The van der Waals surface area contributed by atoms with Crippen LogP contribution in [-0.4, -0.2) is 22.7 Å².